The summed E-state index contributed by atoms with van der Waals surface area (Å²) < 4.78 is 0. The molecule has 0 unspecified atom stereocenters. The van der Waals surface area contributed by atoms with Crippen molar-refractivity contribution in [2.45, 2.75) is 49.2 Å². The van der Waals surface area contributed by atoms with Gasteiger partial charge >= 0.3 is 0 Å². The molecule has 2 heteroatoms. The minimum Gasteiger partial charge on any atom is -0.0876 e. The van der Waals surface area contributed by atoms with E-state index in [4.69, 9.17) is 0 Å². The van der Waals surface area contributed by atoms with E-state index in [9.17, 15) is 0 Å². The summed E-state index contributed by atoms with van der Waals surface area (Å²) >= 11 is 7.33. The lowest BCUT2D eigenvalue weighted by atomic mass is 9.91. The van der Waals surface area contributed by atoms with E-state index in [2.05, 4.69) is 68.3 Å². The molecule has 0 aromatic heterocycles. The lowest BCUT2D eigenvalue weighted by Crippen LogP contribution is -2.03. The molecule has 2 aromatic carbocycles. The van der Waals surface area contributed by atoms with Crippen LogP contribution in [0, 0.1) is 0 Å². The third-order valence-electron chi connectivity index (χ3n) is 4.62. The molecule has 4 bridgehead atoms. The van der Waals surface area contributed by atoms with Gasteiger partial charge in [-0.15, -0.1) is 0 Å². The molecule has 0 amide bonds. The van der Waals surface area contributed by atoms with Gasteiger partial charge in [-0.3, -0.25) is 0 Å². The van der Waals surface area contributed by atoms with Crippen molar-refractivity contribution in [2.75, 3.05) is 0 Å². The predicted octanol–water partition coefficient (Wildman–Crippen LogP) is 6.14. The van der Waals surface area contributed by atoms with E-state index in [1.165, 1.54) is 71.9 Å². The highest BCUT2D eigenvalue weighted by Crippen LogP contribution is 2.25. The maximum Gasteiger partial charge on any atom is 0.0285 e. The van der Waals surface area contributed by atoms with Crippen molar-refractivity contribution in [2.24, 2.45) is 0 Å². The minimum atomic E-state index is 0.956. The summed E-state index contributed by atoms with van der Waals surface area (Å²) in [6.07, 6.45) is 7.20. The lowest BCUT2D eigenvalue weighted by molar-refractivity contribution is 0.782. The highest BCUT2D eigenvalue weighted by molar-refractivity contribution is 9.08. The Hall–Kier alpha value is -0.600. The average Bonchev–Trinajstić information content (AvgIpc) is 2.54. The molecule has 0 radical (unpaired) electrons. The second kappa shape index (κ2) is 7.79. The largest absolute Gasteiger partial charge is 0.0876 e. The summed E-state index contributed by atoms with van der Waals surface area (Å²) in [5.74, 6) is 0. The van der Waals surface area contributed by atoms with E-state index in [1.54, 1.807) is 0 Å². The molecule has 0 nitrogen and oxygen atoms in total. The van der Waals surface area contributed by atoms with Gasteiger partial charge in [-0.2, -0.15) is 0 Å². The second-order valence-electron chi connectivity index (χ2n) is 6.18. The molecule has 0 fully saturated rings. The fraction of sp³-hybridized carbons (Fsp3) is 0.400. The van der Waals surface area contributed by atoms with E-state index in [0.29, 0.717) is 0 Å². The van der Waals surface area contributed by atoms with Gasteiger partial charge in [0.05, 0.1) is 0 Å². The molecule has 0 aliphatic heterocycles. The summed E-state index contributed by atoms with van der Waals surface area (Å²) in [7, 11) is 0. The Morgan fingerprint density at radius 1 is 0.682 bits per heavy atom. The number of fused-ring (bicyclic) bond motifs is 4. The number of halogens is 2. The quantitative estimate of drug-likeness (QED) is 0.510. The number of hydrogen-bond acceptors (Lipinski definition) is 0. The van der Waals surface area contributed by atoms with Crippen LogP contribution in [0.5, 0.6) is 0 Å². The molecule has 0 atom stereocenters. The first kappa shape index (κ1) is 16.3. The van der Waals surface area contributed by atoms with Crippen molar-refractivity contribution in [3.8, 4) is 0 Å². The van der Waals surface area contributed by atoms with Crippen molar-refractivity contribution in [1.29, 1.82) is 0 Å². The molecule has 0 saturated carbocycles. The van der Waals surface area contributed by atoms with Crippen LogP contribution in [-0.4, -0.2) is 0 Å². The average molecular weight is 422 g/mol. The van der Waals surface area contributed by atoms with E-state index in [0.717, 1.165) is 10.7 Å². The smallest absolute Gasteiger partial charge is 0.0285 e. The maximum absolute atomic E-state index is 3.67. The lowest BCUT2D eigenvalue weighted by Gasteiger charge is -2.16. The standard InChI is InChI=1S/C20H22Br2/c21-13-19-12-20(14-22)18-9-3-7-16-5-1-4-15(10-16)6-2-8-17(19)11-18/h1,4-5,10-12H,2-3,6-9,13-14H2. The van der Waals surface area contributed by atoms with Gasteiger partial charge in [0.15, 0.2) is 0 Å². The Bertz CT molecular complexity index is 598. The highest BCUT2D eigenvalue weighted by atomic mass is 79.9. The van der Waals surface area contributed by atoms with Crippen LogP contribution in [0.15, 0.2) is 36.4 Å². The van der Waals surface area contributed by atoms with Gasteiger partial charge in [0.2, 0.25) is 0 Å². The summed E-state index contributed by atoms with van der Waals surface area (Å²) in [6.45, 7) is 0. The van der Waals surface area contributed by atoms with Crippen LogP contribution in [0.2, 0.25) is 0 Å². The number of alkyl halides is 2. The van der Waals surface area contributed by atoms with Crippen LogP contribution in [0.4, 0.5) is 0 Å². The monoisotopic (exact) mass is 420 g/mol. The molecule has 0 heterocycles. The van der Waals surface area contributed by atoms with Crippen molar-refractivity contribution < 1.29 is 0 Å². The second-order valence-corrected chi connectivity index (χ2v) is 7.31. The topological polar surface area (TPSA) is 0 Å². The molecule has 22 heavy (non-hydrogen) atoms. The molecule has 0 N–H and O–H groups in total. The number of benzene rings is 2. The van der Waals surface area contributed by atoms with Crippen molar-refractivity contribution in [3.05, 3.63) is 69.8 Å². The molecule has 0 saturated heterocycles. The van der Waals surface area contributed by atoms with Gasteiger partial charge in [-0.25, -0.2) is 0 Å². The number of aryl methyl sites for hydroxylation is 4. The number of rotatable bonds is 2. The van der Waals surface area contributed by atoms with Gasteiger partial charge in [0, 0.05) is 10.7 Å². The molecular formula is C20H22Br2. The van der Waals surface area contributed by atoms with E-state index in [-0.39, 0.29) is 0 Å². The summed E-state index contributed by atoms with van der Waals surface area (Å²) in [4.78, 5) is 0. The first-order valence-corrected chi connectivity index (χ1v) is 10.4. The molecule has 1 aliphatic rings. The first-order chi connectivity index (χ1) is 10.8. The summed E-state index contributed by atoms with van der Waals surface area (Å²) in [6, 6.07) is 14.1. The van der Waals surface area contributed by atoms with Gasteiger partial charge in [-0.1, -0.05) is 68.3 Å². The van der Waals surface area contributed by atoms with Gasteiger partial charge in [0.1, 0.15) is 0 Å². The van der Waals surface area contributed by atoms with Crippen LogP contribution in [0.1, 0.15) is 46.2 Å². The Kier molecular flexibility index (Phi) is 5.76. The third kappa shape index (κ3) is 3.83. The summed E-state index contributed by atoms with van der Waals surface area (Å²) in [5, 5.41) is 1.91. The normalized spacial score (nSPS) is 15.0. The Labute approximate surface area is 150 Å². The maximum atomic E-state index is 3.67. The Morgan fingerprint density at radius 2 is 1.23 bits per heavy atom. The van der Waals surface area contributed by atoms with Gasteiger partial charge in [-0.05, 0) is 71.9 Å². The predicted molar refractivity (Wildman–Crippen MR) is 102 cm³/mol. The Morgan fingerprint density at radius 3 is 1.73 bits per heavy atom. The molecule has 2 aromatic rings. The van der Waals surface area contributed by atoms with Crippen molar-refractivity contribution in [3.63, 3.8) is 0 Å². The van der Waals surface area contributed by atoms with Crippen LogP contribution >= 0.6 is 31.9 Å². The van der Waals surface area contributed by atoms with E-state index in [1.807, 2.05) is 0 Å². The van der Waals surface area contributed by atoms with Gasteiger partial charge in [0.25, 0.3) is 0 Å². The number of hydrogen-bond donors (Lipinski definition) is 0. The SMILES string of the molecule is BrCc1cc(CBr)c2cc1CCCc1cccc(c1)CCC2. The van der Waals surface area contributed by atoms with E-state index < -0.39 is 0 Å². The minimum absolute atomic E-state index is 0.956. The Balaban J connectivity index is 1.92. The molecule has 1 aliphatic carbocycles. The van der Waals surface area contributed by atoms with Crippen LogP contribution in [0.25, 0.3) is 0 Å². The zero-order valence-corrected chi connectivity index (χ0v) is 16.0. The fourth-order valence-corrected chi connectivity index (χ4v) is 4.46. The molecular weight excluding hydrogens is 400 g/mol. The van der Waals surface area contributed by atoms with E-state index >= 15 is 0 Å². The highest BCUT2D eigenvalue weighted by Gasteiger charge is 2.10. The van der Waals surface area contributed by atoms with Crippen LogP contribution in [-0.2, 0) is 36.3 Å². The van der Waals surface area contributed by atoms with Crippen LogP contribution in [0.3, 0.4) is 0 Å². The molecule has 116 valence electrons. The fourth-order valence-electron chi connectivity index (χ4n) is 3.41. The first-order valence-electron chi connectivity index (χ1n) is 8.13. The van der Waals surface area contributed by atoms with Crippen molar-refractivity contribution >= 4 is 31.9 Å². The zero-order chi connectivity index (χ0) is 15.4. The van der Waals surface area contributed by atoms with Crippen molar-refractivity contribution in [1.82, 2.24) is 0 Å². The summed E-state index contributed by atoms with van der Waals surface area (Å²) in [5.41, 5.74) is 8.99. The third-order valence-corrected chi connectivity index (χ3v) is 5.83. The zero-order valence-electron chi connectivity index (χ0n) is 12.9. The molecule has 3 rings (SSSR count). The van der Waals surface area contributed by atoms with Gasteiger partial charge < -0.3 is 0 Å². The van der Waals surface area contributed by atoms with Crippen LogP contribution < -0.4 is 0 Å². The molecule has 0 spiro atoms.